The predicted molar refractivity (Wildman–Crippen MR) is 145 cm³/mol. The number of amides is 1. The van der Waals surface area contributed by atoms with Gasteiger partial charge in [-0.15, -0.1) is 0 Å². The van der Waals surface area contributed by atoms with E-state index in [-0.39, 0.29) is 11.0 Å². The number of carbonyl (C=O) groups excluding carboxylic acids is 1. The van der Waals surface area contributed by atoms with Crippen molar-refractivity contribution in [1.82, 2.24) is 10.3 Å². The summed E-state index contributed by atoms with van der Waals surface area (Å²) in [5, 5.41) is 5.92. The number of oxazole rings is 1. The number of aryl methyl sites for hydroxylation is 1. The first-order valence-electron chi connectivity index (χ1n) is 11.4. The van der Waals surface area contributed by atoms with Gasteiger partial charge in [0.1, 0.15) is 17.9 Å². The SMILES string of the molecule is Cc1ccc(-c2nc3cc(NC(=S)NC(=O)c4ccc(OCc5ccccc5)cc4)ccc3o2)cc1. The summed E-state index contributed by atoms with van der Waals surface area (Å²) in [6.07, 6.45) is 0. The summed E-state index contributed by atoms with van der Waals surface area (Å²) in [6.45, 7) is 2.49. The van der Waals surface area contributed by atoms with Crippen LogP contribution in [0.3, 0.4) is 0 Å². The fourth-order valence-corrected chi connectivity index (χ4v) is 3.82. The van der Waals surface area contributed by atoms with E-state index in [1.807, 2.05) is 79.7 Å². The molecule has 0 saturated heterocycles. The van der Waals surface area contributed by atoms with Gasteiger partial charge in [-0.25, -0.2) is 4.98 Å². The van der Waals surface area contributed by atoms with E-state index in [1.54, 1.807) is 24.3 Å². The highest BCUT2D eigenvalue weighted by Gasteiger charge is 2.11. The van der Waals surface area contributed by atoms with Crippen molar-refractivity contribution in [2.45, 2.75) is 13.5 Å². The molecule has 178 valence electrons. The summed E-state index contributed by atoms with van der Waals surface area (Å²) in [6, 6.07) is 30.3. The molecule has 1 aromatic heterocycles. The zero-order chi connectivity index (χ0) is 24.9. The van der Waals surface area contributed by atoms with Crippen LogP contribution < -0.4 is 15.4 Å². The molecular weight excluding hydrogens is 470 g/mol. The van der Waals surface area contributed by atoms with E-state index in [2.05, 4.69) is 15.6 Å². The smallest absolute Gasteiger partial charge is 0.257 e. The Bertz CT molecular complexity index is 1510. The summed E-state index contributed by atoms with van der Waals surface area (Å²) >= 11 is 5.34. The van der Waals surface area contributed by atoms with Crippen molar-refractivity contribution in [2.75, 3.05) is 5.32 Å². The number of aromatic nitrogens is 1. The highest BCUT2D eigenvalue weighted by Crippen LogP contribution is 2.26. The Morgan fingerprint density at radius 3 is 2.44 bits per heavy atom. The molecule has 4 aromatic carbocycles. The van der Waals surface area contributed by atoms with Gasteiger partial charge in [-0.2, -0.15) is 0 Å². The Labute approximate surface area is 213 Å². The summed E-state index contributed by atoms with van der Waals surface area (Å²) in [7, 11) is 0. The second-order valence-corrected chi connectivity index (χ2v) is 8.68. The predicted octanol–water partition coefficient (Wildman–Crippen LogP) is 6.51. The Hall–Kier alpha value is -4.49. The summed E-state index contributed by atoms with van der Waals surface area (Å²) in [5.41, 5.74) is 5.68. The first kappa shape index (κ1) is 23.3. The fourth-order valence-electron chi connectivity index (χ4n) is 3.61. The van der Waals surface area contributed by atoms with Crippen LogP contribution in [0.2, 0.25) is 0 Å². The number of fused-ring (bicyclic) bond motifs is 1. The van der Waals surface area contributed by atoms with Gasteiger partial charge in [0.15, 0.2) is 10.7 Å². The maximum atomic E-state index is 12.6. The van der Waals surface area contributed by atoms with E-state index >= 15 is 0 Å². The zero-order valence-corrected chi connectivity index (χ0v) is 20.3. The van der Waals surface area contributed by atoms with Crippen molar-refractivity contribution in [3.05, 3.63) is 114 Å². The molecule has 0 aliphatic rings. The third-order valence-corrected chi connectivity index (χ3v) is 5.74. The van der Waals surface area contributed by atoms with Gasteiger partial charge in [-0.05, 0) is 79.3 Å². The first-order chi connectivity index (χ1) is 17.5. The van der Waals surface area contributed by atoms with Crippen molar-refractivity contribution >= 4 is 40.0 Å². The summed E-state index contributed by atoms with van der Waals surface area (Å²) in [4.78, 5) is 17.2. The molecule has 1 heterocycles. The van der Waals surface area contributed by atoms with Gasteiger partial charge in [0.2, 0.25) is 5.89 Å². The Morgan fingerprint density at radius 2 is 1.69 bits per heavy atom. The van der Waals surface area contributed by atoms with E-state index in [9.17, 15) is 4.79 Å². The van der Waals surface area contributed by atoms with Crippen molar-refractivity contribution in [2.24, 2.45) is 0 Å². The van der Waals surface area contributed by atoms with Crippen LogP contribution in [0.4, 0.5) is 5.69 Å². The highest BCUT2D eigenvalue weighted by molar-refractivity contribution is 7.80. The molecule has 0 saturated carbocycles. The number of nitrogens with zero attached hydrogens (tertiary/aromatic N) is 1. The molecule has 0 aliphatic carbocycles. The van der Waals surface area contributed by atoms with Gasteiger partial charge >= 0.3 is 0 Å². The molecule has 0 atom stereocenters. The summed E-state index contributed by atoms with van der Waals surface area (Å²) in [5.74, 6) is 0.919. The number of carbonyl (C=O) groups is 1. The summed E-state index contributed by atoms with van der Waals surface area (Å²) < 4.78 is 11.7. The van der Waals surface area contributed by atoms with Crippen LogP contribution >= 0.6 is 12.2 Å². The maximum absolute atomic E-state index is 12.6. The van der Waals surface area contributed by atoms with Crippen LogP contribution in [0, 0.1) is 6.92 Å². The quantitative estimate of drug-likeness (QED) is 0.263. The number of hydrogen-bond acceptors (Lipinski definition) is 5. The van der Waals surface area contributed by atoms with Gasteiger partial charge < -0.3 is 14.5 Å². The number of anilines is 1. The normalized spacial score (nSPS) is 10.7. The second-order valence-electron chi connectivity index (χ2n) is 8.27. The monoisotopic (exact) mass is 493 g/mol. The first-order valence-corrected chi connectivity index (χ1v) is 11.8. The minimum atomic E-state index is -0.314. The second kappa shape index (κ2) is 10.4. The lowest BCUT2D eigenvalue weighted by atomic mass is 10.1. The molecule has 5 rings (SSSR count). The highest BCUT2D eigenvalue weighted by atomic mass is 32.1. The molecule has 0 bridgehead atoms. The van der Waals surface area contributed by atoms with Crippen LogP contribution in [0.25, 0.3) is 22.6 Å². The van der Waals surface area contributed by atoms with Crippen LogP contribution in [0.5, 0.6) is 5.75 Å². The minimum Gasteiger partial charge on any atom is -0.489 e. The molecule has 1 amide bonds. The molecule has 6 nitrogen and oxygen atoms in total. The third-order valence-electron chi connectivity index (χ3n) is 5.54. The van der Waals surface area contributed by atoms with E-state index in [1.165, 1.54) is 5.56 Å². The van der Waals surface area contributed by atoms with E-state index < -0.39 is 0 Å². The van der Waals surface area contributed by atoms with Gasteiger partial charge in [0.25, 0.3) is 5.91 Å². The average molecular weight is 494 g/mol. The number of ether oxygens (including phenoxy) is 1. The molecule has 2 N–H and O–H groups in total. The molecule has 0 aliphatic heterocycles. The third kappa shape index (κ3) is 5.59. The van der Waals surface area contributed by atoms with Crippen molar-refractivity contribution in [3.8, 4) is 17.2 Å². The van der Waals surface area contributed by atoms with Crippen molar-refractivity contribution < 1.29 is 13.9 Å². The number of benzene rings is 4. The van der Waals surface area contributed by atoms with Crippen LogP contribution in [-0.2, 0) is 6.61 Å². The number of nitrogens with one attached hydrogen (secondary N) is 2. The molecule has 0 fully saturated rings. The fraction of sp³-hybridized carbons (Fsp3) is 0.0690. The lowest BCUT2D eigenvalue weighted by Gasteiger charge is -2.10. The van der Waals surface area contributed by atoms with Gasteiger partial charge in [0.05, 0.1) is 0 Å². The van der Waals surface area contributed by atoms with Crippen molar-refractivity contribution in [1.29, 1.82) is 0 Å². The van der Waals surface area contributed by atoms with Crippen LogP contribution in [-0.4, -0.2) is 16.0 Å². The average Bonchev–Trinajstić information content (AvgIpc) is 3.32. The Kier molecular flexibility index (Phi) is 6.73. The van der Waals surface area contributed by atoms with Gasteiger partial charge in [-0.3, -0.25) is 10.1 Å². The molecule has 5 aromatic rings. The largest absolute Gasteiger partial charge is 0.489 e. The van der Waals surface area contributed by atoms with Gasteiger partial charge in [0, 0.05) is 16.8 Å². The zero-order valence-electron chi connectivity index (χ0n) is 19.5. The molecule has 7 heteroatoms. The minimum absolute atomic E-state index is 0.186. The van der Waals surface area contributed by atoms with E-state index in [0.29, 0.717) is 40.6 Å². The molecular formula is C29H23N3O3S. The van der Waals surface area contributed by atoms with Crippen LogP contribution in [0.1, 0.15) is 21.5 Å². The molecule has 0 radical (unpaired) electrons. The number of hydrogen-bond donors (Lipinski definition) is 2. The lowest BCUT2D eigenvalue weighted by molar-refractivity contribution is 0.0977. The maximum Gasteiger partial charge on any atom is 0.257 e. The lowest BCUT2D eigenvalue weighted by Crippen LogP contribution is -2.34. The molecule has 0 spiro atoms. The molecule has 0 unspecified atom stereocenters. The number of rotatable bonds is 6. The number of thiocarbonyl (C=S) groups is 1. The van der Waals surface area contributed by atoms with E-state index in [0.717, 1.165) is 11.1 Å². The van der Waals surface area contributed by atoms with Gasteiger partial charge in [-0.1, -0.05) is 48.0 Å². The van der Waals surface area contributed by atoms with Crippen molar-refractivity contribution in [3.63, 3.8) is 0 Å². The Morgan fingerprint density at radius 1 is 0.944 bits per heavy atom. The standard InChI is InChI=1S/C29H23N3O3S/c1-19-7-9-22(10-8-19)28-31-25-17-23(13-16-26(25)35-28)30-29(36)32-27(33)21-11-14-24(15-12-21)34-18-20-5-3-2-4-6-20/h2-17H,18H2,1H3,(H2,30,32,33,36). The van der Waals surface area contributed by atoms with E-state index in [4.69, 9.17) is 21.4 Å². The van der Waals surface area contributed by atoms with Crippen LogP contribution in [0.15, 0.2) is 101 Å². The molecule has 36 heavy (non-hydrogen) atoms. The Balaban J connectivity index is 1.18. The topological polar surface area (TPSA) is 76.4 Å².